The first kappa shape index (κ1) is 16.9. The second kappa shape index (κ2) is 7.32. The third-order valence-corrected chi connectivity index (χ3v) is 5.33. The van der Waals surface area contributed by atoms with E-state index in [-0.39, 0.29) is 12.1 Å². The number of nitrogens with one attached hydrogen (secondary N) is 1. The summed E-state index contributed by atoms with van der Waals surface area (Å²) < 4.78 is 0. The molecule has 1 aromatic carbocycles. The third kappa shape index (κ3) is 3.94. The largest absolute Gasteiger partial charge is 0.393 e. The Balaban J connectivity index is 1.57. The molecule has 6 heteroatoms. The van der Waals surface area contributed by atoms with E-state index in [1.165, 1.54) is 0 Å². The lowest BCUT2D eigenvalue weighted by molar-refractivity contribution is 0.0820. The van der Waals surface area contributed by atoms with Crippen LogP contribution in [0.1, 0.15) is 24.8 Å². The van der Waals surface area contributed by atoms with Gasteiger partial charge in [0.1, 0.15) is 0 Å². The molecule has 128 valence electrons. The van der Waals surface area contributed by atoms with Crippen molar-refractivity contribution >= 4 is 23.1 Å². The summed E-state index contributed by atoms with van der Waals surface area (Å²) in [6.07, 6.45) is 1.41. The second-order valence-corrected chi connectivity index (χ2v) is 7.39. The van der Waals surface area contributed by atoms with Crippen molar-refractivity contribution in [2.24, 2.45) is 5.92 Å². The van der Waals surface area contributed by atoms with Gasteiger partial charge in [-0.05, 0) is 44.7 Å². The van der Waals surface area contributed by atoms with E-state index in [1.807, 2.05) is 48.4 Å². The topological polar surface area (TPSA) is 65.5 Å². The number of carbonyl (C=O) groups excluding carboxylic acids is 1. The van der Waals surface area contributed by atoms with Crippen LogP contribution in [-0.4, -0.2) is 40.2 Å². The zero-order chi connectivity index (χ0) is 17.1. The number of hydrogen-bond donors (Lipinski definition) is 2. The van der Waals surface area contributed by atoms with E-state index >= 15 is 0 Å². The quantitative estimate of drug-likeness (QED) is 0.890. The highest BCUT2D eigenvalue weighted by Gasteiger charge is 2.25. The first-order valence-electron chi connectivity index (χ1n) is 8.29. The summed E-state index contributed by atoms with van der Waals surface area (Å²) in [5.41, 5.74) is 2.80. The van der Waals surface area contributed by atoms with Gasteiger partial charge >= 0.3 is 6.03 Å². The highest BCUT2D eigenvalue weighted by Crippen LogP contribution is 2.24. The Hall–Kier alpha value is -1.92. The SMILES string of the molecule is Cc1nc(-c2ccc(NC(=O)N3CCC(C(C)O)CC3)cc2)cs1. The average Bonchev–Trinajstić information content (AvgIpc) is 3.02. The smallest absolute Gasteiger partial charge is 0.321 e. The van der Waals surface area contributed by atoms with Crippen LogP contribution in [0.3, 0.4) is 0 Å². The Morgan fingerprint density at radius 2 is 2.00 bits per heavy atom. The lowest BCUT2D eigenvalue weighted by atomic mass is 9.92. The number of amides is 2. The Labute approximate surface area is 146 Å². The second-order valence-electron chi connectivity index (χ2n) is 6.32. The molecule has 2 amide bonds. The molecule has 1 fully saturated rings. The van der Waals surface area contributed by atoms with Crippen LogP contribution in [0.25, 0.3) is 11.3 Å². The average molecular weight is 345 g/mol. The van der Waals surface area contributed by atoms with E-state index in [0.717, 1.165) is 34.8 Å². The zero-order valence-electron chi connectivity index (χ0n) is 14.0. The predicted octanol–water partition coefficient (Wildman–Crippen LogP) is 3.74. The molecule has 0 spiro atoms. The van der Waals surface area contributed by atoms with Gasteiger partial charge in [-0.25, -0.2) is 9.78 Å². The number of aliphatic hydroxyl groups is 1. The molecule has 1 aliphatic heterocycles. The molecular formula is C18H23N3O2S. The Kier molecular flexibility index (Phi) is 5.16. The number of benzene rings is 1. The molecule has 1 atom stereocenters. The van der Waals surface area contributed by atoms with Gasteiger partial charge in [0.15, 0.2) is 0 Å². The van der Waals surface area contributed by atoms with Crippen molar-refractivity contribution in [3.8, 4) is 11.3 Å². The maximum absolute atomic E-state index is 12.3. The number of hydrogen-bond acceptors (Lipinski definition) is 4. The number of aromatic nitrogens is 1. The number of thiazole rings is 1. The molecular weight excluding hydrogens is 322 g/mol. The maximum atomic E-state index is 12.3. The van der Waals surface area contributed by atoms with E-state index < -0.39 is 0 Å². The normalized spacial score (nSPS) is 16.9. The first-order valence-corrected chi connectivity index (χ1v) is 9.17. The fraction of sp³-hybridized carbons (Fsp3) is 0.444. The molecule has 2 heterocycles. The van der Waals surface area contributed by atoms with Crippen LogP contribution in [0.2, 0.25) is 0 Å². The van der Waals surface area contributed by atoms with E-state index in [1.54, 1.807) is 11.3 Å². The number of anilines is 1. The van der Waals surface area contributed by atoms with Crippen LogP contribution in [0.5, 0.6) is 0 Å². The van der Waals surface area contributed by atoms with Crippen LogP contribution in [-0.2, 0) is 0 Å². The fourth-order valence-electron chi connectivity index (χ4n) is 3.01. The number of aryl methyl sites for hydroxylation is 1. The van der Waals surface area contributed by atoms with Gasteiger partial charge in [-0.2, -0.15) is 0 Å². The molecule has 5 nitrogen and oxygen atoms in total. The predicted molar refractivity (Wildman–Crippen MR) is 97.3 cm³/mol. The minimum atomic E-state index is -0.294. The Morgan fingerprint density at radius 1 is 1.33 bits per heavy atom. The van der Waals surface area contributed by atoms with Gasteiger partial charge in [0.2, 0.25) is 0 Å². The minimum absolute atomic E-state index is 0.0729. The molecule has 2 aromatic rings. The summed E-state index contributed by atoms with van der Waals surface area (Å²) in [6.45, 7) is 5.20. The number of carbonyl (C=O) groups is 1. The lowest BCUT2D eigenvalue weighted by Crippen LogP contribution is -2.42. The number of aliphatic hydroxyl groups excluding tert-OH is 1. The standard InChI is InChI=1S/C18H23N3O2S/c1-12(22)14-7-9-21(10-8-14)18(23)20-16-5-3-15(4-6-16)17-11-24-13(2)19-17/h3-6,11-12,14,22H,7-10H2,1-2H3,(H,20,23). The van der Waals surface area contributed by atoms with Gasteiger partial charge < -0.3 is 15.3 Å². The van der Waals surface area contributed by atoms with E-state index in [9.17, 15) is 9.90 Å². The lowest BCUT2D eigenvalue weighted by Gasteiger charge is -2.33. The zero-order valence-corrected chi connectivity index (χ0v) is 14.8. The maximum Gasteiger partial charge on any atom is 0.321 e. The van der Waals surface area contributed by atoms with Crippen molar-refractivity contribution in [2.45, 2.75) is 32.8 Å². The molecule has 0 aliphatic carbocycles. The van der Waals surface area contributed by atoms with E-state index in [0.29, 0.717) is 19.0 Å². The summed E-state index contributed by atoms with van der Waals surface area (Å²) in [6, 6.07) is 7.69. The van der Waals surface area contributed by atoms with Crippen LogP contribution in [0.15, 0.2) is 29.6 Å². The third-order valence-electron chi connectivity index (χ3n) is 4.56. The molecule has 1 aliphatic rings. The van der Waals surface area contributed by atoms with Crippen LogP contribution in [0.4, 0.5) is 10.5 Å². The van der Waals surface area contributed by atoms with Gasteiger partial charge in [0.25, 0.3) is 0 Å². The van der Waals surface area contributed by atoms with Gasteiger partial charge in [-0.15, -0.1) is 11.3 Å². The highest BCUT2D eigenvalue weighted by molar-refractivity contribution is 7.09. The van der Waals surface area contributed by atoms with Crippen molar-refractivity contribution in [1.29, 1.82) is 0 Å². The highest BCUT2D eigenvalue weighted by atomic mass is 32.1. The monoisotopic (exact) mass is 345 g/mol. The van der Waals surface area contributed by atoms with Crippen molar-refractivity contribution < 1.29 is 9.90 Å². The van der Waals surface area contributed by atoms with Gasteiger partial charge in [-0.3, -0.25) is 0 Å². The molecule has 3 rings (SSSR count). The minimum Gasteiger partial charge on any atom is -0.393 e. The number of piperidine rings is 1. The van der Waals surface area contributed by atoms with E-state index in [4.69, 9.17) is 0 Å². The van der Waals surface area contributed by atoms with Crippen molar-refractivity contribution in [1.82, 2.24) is 9.88 Å². The molecule has 1 saturated heterocycles. The summed E-state index contributed by atoms with van der Waals surface area (Å²) in [5.74, 6) is 0.301. The number of likely N-dealkylation sites (tertiary alicyclic amines) is 1. The number of nitrogens with zero attached hydrogens (tertiary/aromatic N) is 2. The summed E-state index contributed by atoms with van der Waals surface area (Å²) in [4.78, 5) is 18.6. The molecule has 0 bridgehead atoms. The van der Waals surface area contributed by atoms with Crippen molar-refractivity contribution in [3.05, 3.63) is 34.7 Å². The van der Waals surface area contributed by atoms with Crippen LogP contribution in [0, 0.1) is 12.8 Å². The van der Waals surface area contributed by atoms with Gasteiger partial charge in [-0.1, -0.05) is 12.1 Å². The van der Waals surface area contributed by atoms with Crippen molar-refractivity contribution in [2.75, 3.05) is 18.4 Å². The van der Waals surface area contributed by atoms with Gasteiger partial charge in [0, 0.05) is 29.7 Å². The summed E-state index contributed by atoms with van der Waals surface area (Å²) >= 11 is 1.63. The molecule has 24 heavy (non-hydrogen) atoms. The molecule has 0 radical (unpaired) electrons. The first-order chi connectivity index (χ1) is 11.5. The molecule has 0 saturated carbocycles. The molecule has 1 unspecified atom stereocenters. The summed E-state index contributed by atoms with van der Waals surface area (Å²) in [7, 11) is 0. The van der Waals surface area contributed by atoms with Crippen molar-refractivity contribution in [3.63, 3.8) is 0 Å². The Morgan fingerprint density at radius 3 is 2.54 bits per heavy atom. The fourth-order valence-corrected chi connectivity index (χ4v) is 3.63. The summed E-state index contributed by atoms with van der Waals surface area (Å²) in [5, 5.41) is 15.7. The van der Waals surface area contributed by atoms with Crippen LogP contribution < -0.4 is 5.32 Å². The van der Waals surface area contributed by atoms with Crippen LogP contribution >= 0.6 is 11.3 Å². The Bertz CT molecular complexity index is 689. The number of rotatable bonds is 3. The van der Waals surface area contributed by atoms with E-state index in [2.05, 4.69) is 10.3 Å². The molecule has 2 N–H and O–H groups in total. The van der Waals surface area contributed by atoms with Gasteiger partial charge in [0.05, 0.1) is 16.8 Å². The number of urea groups is 1. The molecule has 1 aromatic heterocycles.